The van der Waals surface area contributed by atoms with Crippen molar-refractivity contribution in [2.75, 3.05) is 0 Å². The van der Waals surface area contributed by atoms with Gasteiger partial charge in [0.25, 0.3) is 0 Å². The van der Waals surface area contributed by atoms with E-state index in [1.807, 2.05) is 12.1 Å². The van der Waals surface area contributed by atoms with Crippen molar-refractivity contribution < 1.29 is 12.8 Å². The highest BCUT2D eigenvalue weighted by atomic mass is 32.2. The fraction of sp³-hybridized carbons (Fsp3) is 0.0714. The molecule has 3 aromatic rings. The van der Waals surface area contributed by atoms with Gasteiger partial charge in [0.1, 0.15) is 11.3 Å². The van der Waals surface area contributed by atoms with E-state index in [0.717, 1.165) is 5.56 Å². The normalized spacial score (nSPS) is 11.8. The van der Waals surface area contributed by atoms with E-state index in [1.165, 1.54) is 6.07 Å². The SMILES string of the molecule is NS(=O)(=O)c1cccc2oc(Cc3cccnc3)cc12. The number of hydrogen-bond donors (Lipinski definition) is 1. The minimum atomic E-state index is -3.76. The fourth-order valence-corrected chi connectivity index (χ4v) is 2.86. The van der Waals surface area contributed by atoms with E-state index in [1.54, 1.807) is 30.6 Å². The Kier molecular flexibility index (Phi) is 3.04. The van der Waals surface area contributed by atoms with Crippen molar-refractivity contribution in [3.05, 3.63) is 60.1 Å². The van der Waals surface area contributed by atoms with Crippen LogP contribution in [0.25, 0.3) is 11.0 Å². The average molecular weight is 288 g/mol. The molecule has 0 atom stereocenters. The molecule has 0 saturated carbocycles. The zero-order valence-corrected chi connectivity index (χ0v) is 11.3. The van der Waals surface area contributed by atoms with Gasteiger partial charge in [0.05, 0.1) is 4.90 Å². The van der Waals surface area contributed by atoms with Crippen LogP contribution in [0.5, 0.6) is 0 Å². The number of primary sulfonamides is 1. The van der Waals surface area contributed by atoms with Gasteiger partial charge in [-0.05, 0) is 29.8 Å². The van der Waals surface area contributed by atoms with Crippen molar-refractivity contribution >= 4 is 21.0 Å². The third kappa shape index (κ3) is 2.43. The lowest BCUT2D eigenvalue weighted by molar-refractivity contribution is 0.562. The summed E-state index contributed by atoms with van der Waals surface area (Å²) in [6, 6.07) is 10.3. The van der Waals surface area contributed by atoms with E-state index < -0.39 is 10.0 Å². The van der Waals surface area contributed by atoms with Crippen molar-refractivity contribution in [3.8, 4) is 0 Å². The molecule has 0 radical (unpaired) electrons. The van der Waals surface area contributed by atoms with Crippen LogP contribution in [0.15, 0.2) is 58.1 Å². The third-order valence-corrected chi connectivity index (χ3v) is 3.95. The van der Waals surface area contributed by atoms with Crippen LogP contribution in [-0.2, 0) is 16.4 Å². The molecule has 1 aromatic carbocycles. The lowest BCUT2D eigenvalue weighted by atomic mass is 10.1. The van der Waals surface area contributed by atoms with E-state index >= 15 is 0 Å². The van der Waals surface area contributed by atoms with Crippen LogP contribution in [0.1, 0.15) is 11.3 Å². The Morgan fingerprint density at radius 1 is 1.20 bits per heavy atom. The zero-order chi connectivity index (χ0) is 14.2. The molecule has 3 rings (SSSR count). The highest BCUT2D eigenvalue weighted by Crippen LogP contribution is 2.26. The summed E-state index contributed by atoms with van der Waals surface area (Å²) in [5, 5.41) is 5.71. The number of pyridine rings is 1. The van der Waals surface area contributed by atoms with Gasteiger partial charge < -0.3 is 4.42 Å². The Bertz CT molecular complexity index is 855. The highest BCUT2D eigenvalue weighted by Gasteiger charge is 2.15. The Morgan fingerprint density at radius 2 is 2.05 bits per heavy atom. The number of aromatic nitrogens is 1. The van der Waals surface area contributed by atoms with Crippen molar-refractivity contribution in [2.45, 2.75) is 11.3 Å². The number of fused-ring (bicyclic) bond motifs is 1. The van der Waals surface area contributed by atoms with Crippen molar-refractivity contribution in [3.63, 3.8) is 0 Å². The van der Waals surface area contributed by atoms with Crippen LogP contribution >= 0.6 is 0 Å². The maximum Gasteiger partial charge on any atom is 0.238 e. The van der Waals surface area contributed by atoms with E-state index in [0.29, 0.717) is 23.2 Å². The Balaban J connectivity index is 2.08. The third-order valence-electron chi connectivity index (χ3n) is 2.98. The molecule has 0 aliphatic carbocycles. The van der Waals surface area contributed by atoms with Crippen LogP contribution in [0.3, 0.4) is 0 Å². The molecule has 102 valence electrons. The summed E-state index contributed by atoms with van der Waals surface area (Å²) < 4.78 is 28.7. The lowest BCUT2D eigenvalue weighted by Crippen LogP contribution is -2.12. The molecule has 0 amide bonds. The first-order valence-electron chi connectivity index (χ1n) is 5.97. The minimum Gasteiger partial charge on any atom is -0.461 e. The van der Waals surface area contributed by atoms with Crippen LogP contribution < -0.4 is 5.14 Å². The van der Waals surface area contributed by atoms with Gasteiger partial charge in [0, 0.05) is 24.2 Å². The van der Waals surface area contributed by atoms with Gasteiger partial charge in [-0.1, -0.05) is 12.1 Å². The van der Waals surface area contributed by atoms with Gasteiger partial charge in [-0.25, -0.2) is 13.6 Å². The Hall–Kier alpha value is -2.18. The summed E-state index contributed by atoms with van der Waals surface area (Å²) in [4.78, 5) is 4.11. The largest absolute Gasteiger partial charge is 0.461 e. The first kappa shape index (κ1) is 12.8. The smallest absolute Gasteiger partial charge is 0.238 e. The molecule has 2 heterocycles. The molecule has 0 bridgehead atoms. The molecule has 0 fully saturated rings. The topological polar surface area (TPSA) is 86.2 Å². The molecule has 0 aliphatic heterocycles. The number of nitrogens with zero attached hydrogens (tertiary/aromatic N) is 1. The molecule has 0 unspecified atom stereocenters. The van der Waals surface area contributed by atoms with Crippen LogP contribution in [0.4, 0.5) is 0 Å². The minimum absolute atomic E-state index is 0.0798. The van der Waals surface area contributed by atoms with Crippen LogP contribution in [-0.4, -0.2) is 13.4 Å². The molecular formula is C14H12N2O3S. The second kappa shape index (κ2) is 4.73. The molecule has 20 heavy (non-hydrogen) atoms. The monoisotopic (exact) mass is 288 g/mol. The molecule has 5 nitrogen and oxygen atoms in total. The number of sulfonamides is 1. The maximum atomic E-state index is 11.5. The Labute approximate surface area is 116 Å². The van der Waals surface area contributed by atoms with Gasteiger partial charge in [-0.2, -0.15) is 0 Å². The van der Waals surface area contributed by atoms with Crippen molar-refractivity contribution in [1.82, 2.24) is 4.98 Å². The standard InChI is InChI=1S/C14H12N2O3S/c15-20(17,18)14-5-1-4-13-12(14)8-11(19-13)7-10-3-2-6-16-9-10/h1-6,8-9H,7H2,(H2,15,17,18). The van der Waals surface area contributed by atoms with Crippen molar-refractivity contribution in [2.24, 2.45) is 5.14 Å². The molecule has 2 aromatic heterocycles. The first-order chi connectivity index (χ1) is 9.54. The average Bonchev–Trinajstić information content (AvgIpc) is 2.80. The molecule has 2 N–H and O–H groups in total. The molecule has 6 heteroatoms. The quantitative estimate of drug-likeness (QED) is 0.799. The van der Waals surface area contributed by atoms with Crippen molar-refractivity contribution in [1.29, 1.82) is 0 Å². The summed E-state index contributed by atoms with van der Waals surface area (Å²) >= 11 is 0. The summed E-state index contributed by atoms with van der Waals surface area (Å²) in [5.74, 6) is 0.670. The molecular weight excluding hydrogens is 276 g/mol. The highest BCUT2D eigenvalue weighted by molar-refractivity contribution is 7.89. The summed E-state index contributed by atoms with van der Waals surface area (Å²) in [5.41, 5.74) is 1.50. The zero-order valence-electron chi connectivity index (χ0n) is 10.5. The Morgan fingerprint density at radius 3 is 2.75 bits per heavy atom. The number of rotatable bonds is 3. The predicted octanol–water partition coefficient (Wildman–Crippen LogP) is 2.07. The number of nitrogens with two attached hydrogens (primary N) is 1. The van der Waals surface area contributed by atoms with Gasteiger partial charge >= 0.3 is 0 Å². The summed E-state index contributed by atoms with van der Waals surface area (Å²) in [6.45, 7) is 0. The van der Waals surface area contributed by atoms with Crippen LogP contribution in [0.2, 0.25) is 0 Å². The van der Waals surface area contributed by atoms with E-state index in [9.17, 15) is 8.42 Å². The second-order valence-corrected chi connectivity index (χ2v) is 5.99. The number of furan rings is 1. The molecule has 0 aliphatic rings. The first-order valence-corrected chi connectivity index (χ1v) is 7.52. The maximum absolute atomic E-state index is 11.5. The van der Waals surface area contributed by atoms with E-state index in [4.69, 9.17) is 9.56 Å². The number of hydrogen-bond acceptors (Lipinski definition) is 4. The lowest BCUT2D eigenvalue weighted by Gasteiger charge is -1.97. The fourth-order valence-electron chi connectivity index (χ4n) is 2.13. The van der Waals surface area contributed by atoms with Gasteiger partial charge in [-0.3, -0.25) is 4.98 Å². The second-order valence-electron chi connectivity index (χ2n) is 4.46. The van der Waals surface area contributed by atoms with E-state index in [2.05, 4.69) is 4.98 Å². The van der Waals surface area contributed by atoms with Gasteiger partial charge in [-0.15, -0.1) is 0 Å². The van der Waals surface area contributed by atoms with Gasteiger partial charge in [0.2, 0.25) is 10.0 Å². The summed E-state index contributed by atoms with van der Waals surface area (Å²) in [6.07, 6.45) is 3.99. The van der Waals surface area contributed by atoms with E-state index in [-0.39, 0.29) is 4.90 Å². The summed E-state index contributed by atoms with van der Waals surface area (Å²) in [7, 11) is -3.76. The van der Waals surface area contributed by atoms with Crippen LogP contribution in [0, 0.1) is 0 Å². The number of benzene rings is 1. The predicted molar refractivity (Wildman–Crippen MR) is 74.6 cm³/mol. The molecule has 0 spiro atoms. The molecule has 0 saturated heterocycles. The van der Waals surface area contributed by atoms with Gasteiger partial charge in [0.15, 0.2) is 0 Å².